The number of anilines is 1. The third-order valence-electron chi connectivity index (χ3n) is 6.01. The van der Waals surface area contributed by atoms with Crippen LogP contribution in [0.4, 0.5) is 10.5 Å². The minimum atomic E-state index is -0.422. The van der Waals surface area contributed by atoms with Crippen LogP contribution in [-0.4, -0.2) is 36.5 Å². The second kappa shape index (κ2) is 7.61. The molecule has 2 aromatic rings. The molecular weight excluding hydrogens is 390 g/mol. The SMILES string of the molecule is COc1cc2c(cc1/C=C1/NC(=O)N(Cc3ccccc3)C1=O)C(C)=CC(C)(C)N2C. The first-order chi connectivity index (χ1) is 14.7. The first-order valence-corrected chi connectivity index (χ1v) is 10.3. The summed E-state index contributed by atoms with van der Waals surface area (Å²) in [5.41, 5.74) is 5.06. The van der Waals surface area contributed by atoms with E-state index in [-0.39, 0.29) is 23.7 Å². The number of benzene rings is 2. The molecule has 160 valence electrons. The Morgan fingerprint density at radius 2 is 1.84 bits per heavy atom. The average molecular weight is 418 g/mol. The number of amides is 3. The van der Waals surface area contributed by atoms with E-state index in [2.05, 4.69) is 44.1 Å². The van der Waals surface area contributed by atoms with Crippen molar-refractivity contribution in [1.29, 1.82) is 0 Å². The molecule has 1 N–H and O–H groups in total. The van der Waals surface area contributed by atoms with Crippen molar-refractivity contribution < 1.29 is 14.3 Å². The Kier molecular flexibility index (Phi) is 5.09. The van der Waals surface area contributed by atoms with Crippen molar-refractivity contribution in [2.45, 2.75) is 32.9 Å². The van der Waals surface area contributed by atoms with E-state index in [0.717, 1.165) is 28.0 Å². The molecule has 2 aliphatic heterocycles. The third-order valence-corrected chi connectivity index (χ3v) is 6.01. The topological polar surface area (TPSA) is 61.9 Å². The molecule has 4 rings (SSSR count). The first kappa shape index (κ1) is 20.7. The van der Waals surface area contributed by atoms with Crippen molar-refractivity contribution in [2.75, 3.05) is 19.1 Å². The number of carbonyl (C=O) groups is 2. The van der Waals surface area contributed by atoms with E-state index in [1.165, 1.54) is 4.90 Å². The fraction of sp³-hybridized carbons (Fsp3) is 0.280. The van der Waals surface area contributed by atoms with Gasteiger partial charge in [-0.2, -0.15) is 0 Å². The fourth-order valence-corrected chi connectivity index (χ4v) is 4.12. The summed E-state index contributed by atoms with van der Waals surface area (Å²) in [5, 5.41) is 2.70. The van der Waals surface area contributed by atoms with Crippen LogP contribution in [0.25, 0.3) is 11.6 Å². The van der Waals surface area contributed by atoms with Gasteiger partial charge in [-0.1, -0.05) is 36.4 Å². The van der Waals surface area contributed by atoms with Crippen molar-refractivity contribution >= 4 is 29.3 Å². The molecule has 2 aromatic carbocycles. The van der Waals surface area contributed by atoms with Crippen LogP contribution >= 0.6 is 0 Å². The molecule has 0 atom stereocenters. The van der Waals surface area contributed by atoms with E-state index in [4.69, 9.17) is 4.74 Å². The summed E-state index contributed by atoms with van der Waals surface area (Å²) in [4.78, 5) is 28.8. The molecule has 1 saturated heterocycles. The lowest BCUT2D eigenvalue weighted by molar-refractivity contribution is -0.123. The predicted octanol–water partition coefficient (Wildman–Crippen LogP) is 4.42. The summed E-state index contributed by atoms with van der Waals surface area (Å²) < 4.78 is 5.63. The number of urea groups is 1. The first-order valence-electron chi connectivity index (χ1n) is 10.3. The summed E-state index contributed by atoms with van der Waals surface area (Å²) in [6.45, 7) is 6.64. The van der Waals surface area contributed by atoms with E-state index in [1.807, 2.05) is 42.5 Å². The number of rotatable bonds is 4. The lowest BCUT2D eigenvalue weighted by Gasteiger charge is -2.41. The highest BCUT2D eigenvalue weighted by atomic mass is 16.5. The smallest absolute Gasteiger partial charge is 0.329 e. The Morgan fingerprint density at radius 1 is 1.13 bits per heavy atom. The molecular formula is C25H27N3O3. The van der Waals surface area contributed by atoms with Crippen LogP contribution in [0.15, 0.2) is 54.2 Å². The van der Waals surface area contributed by atoms with Gasteiger partial charge in [0.2, 0.25) is 0 Å². The Bertz CT molecular complexity index is 1120. The molecule has 6 heteroatoms. The van der Waals surface area contributed by atoms with Crippen LogP contribution in [0.1, 0.15) is 37.5 Å². The second-order valence-electron chi connectivity index (χ2n) is 8.52. The van der Waals surface area contributed by atoms with Gasteiger partial charge >= 0.3 is 6.03 Å². The van der Waals surface area contributed by atoms with Crippen molar-refractivity contribution in [3.05, 3.63) is 70.9 Å². The molecule has 1 fully saturated rings. The molecule has 0 bridgehead atoms. The molecule has 6 nitrogen and oxygen atoms in total. The largest absolute Gasteiger partial charge is 0.496 e. The molecule has 0 unspecified atom stereocenters. The number of allylic oxidation sites excluding steroid dienone is 1. The Hall–Kier alpha value is -3.54. The van der Waals surface area contributed by atoms with Gasteiger partial charge in [-0.25, -0.2) is 4.79 Å². The van der Waals surface area contributed by atoms with Crippen molar-refractivity contribution in [1.82, 2.24) is 10.2 Å². The standard InChI is InChI=1S/C25H27N3O3/c1-16-14-25(2,3)27(4)21-13-22(31-5)18(11-19(16)21)12-20-23(29)28(24(30)26-20)15-17-9-7-6-8-10-17/h6-14H,15H2,1-5H3,(H,26,30)/b20-12+. The third kappa shape index (κ3) is 3.69. The van der Waals surface area contributed by atoms with Gasteiger partial charge < -0.3 is 15.0 Å². The summed E-state index contributed by atoms with van der Waals surface area (Å²) in [6, 6.07) is 13.0. The Balaban J connectivity index is 1.70. The summed E-state index contributed by atoms with van der Waals surface area (Å²) in [7, 11) is 3.67. The molecule has 0 saturated carbocycles. The van der Waals surface area contributed by atoms with Crippen molar-refractivity contribution in [2.24, 2.45) is 0 Å². The van der Waals surface area contributed by atoms with Crippen molar-refractivity contribution in [3.63, 3.8) is 0 Å². The molecule has 2 aliphatic rings. The second-order valence-corrected chi connectivity index (χ2v) is 8.52. The number of hydrogen-bond donors (Lipinski definition) is 1. The highest BCUT2D eigenvalue weighted by molar-refractivity contribution is 6.14. The summed E-state index contributed by atoms with van der Waals surface area (Å²) >= 11 is 0. The maximum Gasteiger partial charge on any atom is 0.329 e. The van der Waals surface area contributed by atoms with Gasteiger partial charge in [0.25, 0.3) is 5.91 Å². The van der Waals surface area contributed by atoms with Gasteiger partial charge in [-0.15, -0.1) is 0 Å². The maximum atomic E-state index is 12.9. The molecule has 0 aliphatic carbocycles. The summed E-state index contributed by atoms with van der Waals surface area (Å²) in [5.74, 6) is 0.298. The van der Waals surface area contributed by atoms with Gasteiger partial charge in [0.05, 0.1) is 19.2 Å². The van der Waals surface area contributed by atoms with Gasteiger partial charge in [-0.3, -0.25) is 9.69 Å². The zero-order valence-electron chi connectivity index (χ0n) is 18.5. The molecule has 0 spiro atoms. The zero-order chi connectivity index (χ0) is 22.3. The fourth-order valence-electron chi connectivity index (χ4n) is 4.12. The predicted molar refractivity (Wildman–Crippen MR) is 123 cm³/mol. The molecule has 0 aromatic heterocycles. The lowest BCUT2D eigenvalue weighted by atomic mass is 9.88. The van der Waals surface area contributed by atoms with Crippen LogP contribution in [0.3, 0.4) is 0 Å². The van der Waals surface area contributed by atoms with Crippen LogP contribution in [-0.2, 0) is 11.3 Å². The van der Waals surface area contributed by atoms with Gasteiger partial charge in [0.1, 0.15) is 11.4 Å². The number of ether oxygens (including phenoxy) is 1. The van der Waals surface area contributed by atoms with E-state index in [0.29, 0.717) is 5.75 Å². The number of likely N-dealkylation sites (N-methyl/N-ethyl adjacent to an activating group) is 1. The minimum Gasteiger partial charge on any atom is -0.496 e. The number of nitrogens with zero attached hydrogens (tertiary/aromatic N) is 2. The van der Waals surface area contributed by atoms with Crippen LogP contribution in [0.2, 0.25) is 0 Å². The monoisotopic (exact) mass is 417 g/mol. The van der Waals surface area contributed by atoms with Crippen LogP contribution in [0.5, 0.6) is 5.75 Å². The Labute approximate surface area is 182 Å². The van der Waals surface area contributed by atoms with Crippen LogP contribution < -0.4 is 15.0 Å². The number of imide groups is 1. The van der Waals surface area contributed by atoms with Gasteiger partial charge in [0.15, 0.2) is 0 Å². The van der Waals surface area contributed by atoms with Crippen LogP contribution in [0, 0.1) is 0 Å². The number of hydrogen-bond acceptors (Lipinski definition) is 4. The zero-order valence-corrected chi connectivity index (χ0v) is 18.5. The number of nitrogens with one attached hydrogen (secondary N) is 1. The Morgan fingerprint density at radius 3 is 2.52 bits per heavy atom. The highest BCUT2D eigenvalue weighted by Gasteiger charge is 2.34. The van der Waals surface area contributed by atoms with Gasteiger partial charge in [0, 0.05) is 29.9 Å². The number of carbonyl (C=O) groups excluding carboxylic acids is 2. The van der Waals surface area contributed by atoms with Gasteiger partial charge in [-0.05, 0) is 44.1 Å². The number of fused-ring (bicyclic) bond motifs is 1. The summed E-state index contributed by atoms with van der Waals surface area (Å²) in [6.07, 6.45) is 3.92. The highest BCUT2D eigenvalue weighted by Crippen LogP contribution is 2.41. The van der Waals surface area contributed by atoms with E-state index in [1.54, 1.807) is 13.2 Å². The quantitative estimate of drug-likeness (QED) is 0.591. The molecule has 0 radical (unpaired) electrons. The number of methoxy groups -OCH3 is 1. The minimum absolute atomic E-state index is 0.116. The maximum absolute atomic E-state index is 12.9. The molecule has 3 amide bonds. The normalized spacial score (nSPS) is 18.7. The molecule has 31 heavy (non-hydrogen) atoms. The lowest BCUT2D eigenvalue weighted by Crippen LogP contribution is -2.42. The van der Waals surface area contributed by atoms with E-state index < -0.39 is 6.03 Å². The van der Waals surface area contributed by atoms with E-state index >= 15 is 0 Å². The van der Waals surface area contributed by atoms with E-state index in [9.17, 15) is 9.59 Å². The average Bonchev–Trinajstić information content (AvgIpc) is 3.00. The van der Waals surface area contributed by atoms with Crippen molar-refractivity contribution in [3.8, 4) is 5.75 Å². The molecule has 2 heterocycles.